The smallest absolute Gasteiger partial charge is 0.450 e. The number of carbonyl (C=O) groups is 8. The molecule has 2 aromatic rings. The molecule has 0 bridgehead atoms. The van der Waals surface area contributed by atoms with Crippen molar-refractivity contribution in [2.24, 2.45) is 0 Å². The molecule has 5 N–H and O–H groups in total. The van der Waals surface area contributed by atoms with E-state index in [1.54, 1.807) is 0 Å². The average Bonchev–Trinajstić information content (AvgIpc) is 2.98. The Hall–Kier alpha value is -6.60. The molecule has 0 aliphatic heterocycles. The Morgan fingerprint density at radius 1 is 0.574 bits per heavy atom. The summed E-state index contributed by atoms with van der Waals surface area (Å²) in [6.07, 6.45) is -12.3. The maximum absolute atomic E-state index is 13.8. The highest BCUT2D eigenvalue weighted by atomic mass is 17.2. The summed E-state index contributed by atoms with van der Waals surface area (Å²) in [6.45, 7) is 1.82. The van der Waals surface area contributed by atoms with E-state index < -0.39 is 95.1 Å². The van der Waals surface area contributed by atoms with E-state index in [2.05, 4.69) is 33.5 Å². The summed E-state index contributed by atoms with van der Waals surface area (Å²) < 4.78 is 22.4. The highest BCUT2D eigenvalue weighted by Gasteiger charge is 2.42. The number of hydrogen-bond donors (Lipinski definition) is 5. The largest absolute Gasteiger partial charge is 0.511 e. The number of Topliss-reactive ketones (excluding diaryl/α,β-unsaturated/α-hetero) is 1. The molecule has 0 aliphatic rings. The maximum atomic E-state index is 13.8. The van der Waals surface area contributed by atoms with Gasteiger partial charge in [-0.3, -0.25) is 4.79 Å². The zero-order chi connectivity index (χ0) is 35.3. The first kappa shape index (κ1) is 36.6. The summed E-state index contributed by atoms with van der Waals surface area (Å²) in [4.78, 5) is 106. The van der Waals surface area contributed by atoms with Gasteiger partial charge < -0.3 is 49.2 Å². The van der Waals surface area contributed by atoms with Gasteiger partial charge in [0.05, 0.1) is 5.56 Å². The second-order valence-electron chi connectivity index (χ2n) is 8.73. The molecule has 20 heteroatoms. The van der Waals surface area contributed by atoms with Gasteiger partial charge >= 0.3 is 42.7 Å². The fraction of sp³-hybridized carbons (Fsp3) is 0.259. The molecular formula is C27H24O20. The number of carbonyl (C=O) groups excluding carboxylic acids is 3. The lowest BCUT2D eigenvalue weighted by Gasteiger charge is -2.22. The van der Waals surface area contributed by atoms with Crippen LogP contribution in [-0.2, 0) is 14.5 Å². The molecule has 2 aromatic carbocycles. The van der Waals surface area contributed by atoms with Crippen molar-refractivity contribution in [1.29, 1.82) is 0 Å². The molecular weight excluding hydrogens is 644 g/mol. The molecule has 20 nitrogen and oxygen atoms in total. The Kier molecular flexibility index (Phi) is 13.3. The van der Waals surface area contributed by atoms with Gasteiger partial charge in [-0.1, -0.05) is 44.4 Å². The maximum Gasteiger partial charge on any atom is 0.511 e. The zero-order valence-electron chi connectivity index (χ0n) is 23.9. The summed E-state index contributed by atoms with van der Waals surface area (Å²) in [7, 11) is 0. The highest BCUT2D eigenvalue weighted by Crippen LogP contribution is 2.51. The second kappa shape index (κ2) is 17.0. The van der Waals surface area contributed by atoms with Crippen LogP contribution in [0.4, 0.5) is 24.0 Å². The summed E-state index contributed by atoms with van der Waals surface area (Å²) in [5.74, 6) is -11.8. The van der Waals surface area contributed by atoms with E-state index in [0.29, 0.717) is 19.3 Å². The van der Waals surface area contributed by atoms with Crippen LogP contribution >= 0.6 is 0 Å². The van der Waals surface area contributed by atoms with Crippen molar-refractivity contribution in [2.45, 2.75) is 45.1 Å². The van der Waals surface area contributed by atoms with Crippen LogP contribution in [0.3, 0.4) is 0 Å². The van der Waals surface area contributed by atoms with Gasteiger partial charge in [-0.2, -0.15) is 0 Å². The molecule has 1 unspecified atom stereocenters. The van der Waals surface area contributed by atoms with Gasteiger partial charge in [0, 0.05) is 0 Å². The molecule has 2 rings (SSSR count). The Morgan fingerprint density at radius 3 is 1.57 bits per heavy atom. The van der Waals surface area contributed by atoms with E-state index in [0.717, 1.165) is 0 Å². The van der Waals surface area contributed by atoms with E-state index in [1.807, 2.05) is 6.92 Å². The number of hydrogen-bond acceptors (Lipinski definition) is 15. The topological polar surface area (TPSA) is 302 Å². The van der Waals surface area contributed by atoms with E-state index in [1.165, 1.54) is 30.3 Å². The minimum absolute atomic E-state index is 0.0881. The first-order valence-electron chi connectivity index (χ1n) is 13.0. The van der Waals surface area contributed by atoms with E-state index in [-0.39, 0.29) is 12.0 Å². The molecule has 0 aromatic heterocycles. The van der Waals surface area contributed by atoms with Crippen molar-refractivity contribution in [1.82, 2.24) is 0 Å². The lowest BCUT2D eigenvalue weighted by Crippen LogP contribution is -2.30. The minimum atomic E-state index is -2.37. The summed E-state index contributed by atoms with van der Waals surface area (Å²) >= 11 is 0. The van der Waals surface area contributed by atoms with Crippen LogP contribution in [0.5, 0.6) is 23.0 Å². The predicted octanol–water partition coefficient (Wildman–Crippen LogP) is 5.06. The molecule has 0 radical (unpaired) electrons. The Labute approximate surface area is 261 Å². The lowest BCUT2D eigenvalue weighted by atomic mass is 9.95. The van der Waals surface area contributed by atoms with Crippen LogP contribution < -0.4 is 18.9 Å². The monoisotopic (exact) mass is 668 g/mol. The molecule has 252 valence electrons. The van der Waals surface area contributed by atoms with Crippen LogP contribution in [0.25, 0.3) is 0 Å². The number of benzene rings is 2. The van der Waals surface area contributed by atoms with E-state index >= 15 is 0 Å². The van der Waals surface area contributed by atoms with Crippen molar-refractivity contribution in [3.63, 3.8) is 0 Å². The number of carboxylic acid groups (broad SMARTS) is 5. The Bertz CT molecular complexity index is 1550. The van der Waals surface area contributed by atoms with Gasteiger partial charge in [-0.05, 0) is 25.0 Å². The van der Waals surface area contributed by atoms with Crippen molar-refractivity contribution < 1.29 is 97.3 Å². The Balaban J connectivity index is 2.99. The van der Waals surface area contributed by atoms with Gasteiger partial charge in [-0.15, -0.1) is 0 Å². The second-order valence-corrected chi connectivity index (χ2v) is 8.73. The van der Waals surface area contributed by atoms with Gasteiger partial charge in [0.2, 0.25) is 11.5 Å². The van der Waals surface area contributed by atoms with Gasteiger partial charge in [-0.25, -0.2) is 43.3 Å². The molecule has 0 saturated carbocycles. The van der Waals surface area contributed by atoms with Crippen LogP contribution in [0, 0.1) is 0 Å². The molecule has 0 aliphatic carbocycles. The third kappa shape index (κ3) is 10.5. The van der Waals surface area contributed by atoms with Crippen LogP contribution in [0.2, 0.25) is 0 Å². The van der Waals surface area contributed by atoms with Crippen LogP contribution in [0.15, 0.2) is 30.3 Å². The van der Waals surface area contributed by atoms with Crippen molar-refractivity contribution in [3.05, 3.63) is 47.0 Å². The van der Waals surface area contributed by atoms with E-state index in [4.69, 9.17) is 0 Å². The van der Waals surface area contributed by atoms with Crippen molar-refractivity contribution in [2.75, 3.05) is 0 Å². The number of ether oxygens (including phenoxy) is 5. The Morgan fingerprint density at radius 2 is 1.06 bits per heavy atom. The van der Waals surface area contributed by atoms with Gasteiger partial charge in [0.25, 0.3) is 0 Å². The van der Waals surface area contributed by atoms with Crippen molar-refractivity contribution >= 4 is 48.5 Å². The fourth-order valence-corrected chi connectivity index (χ4v) is 3.83. The number of rotatable bonds is 14. The standard InChI is InChI=1S/C27H24O20/c1-2-3-4-8-11-13(41-23(31)32)16(28)14-17(42-24(33)34)15(22(30)47-46-21(29)12-9-6-5-7-10-12)19(44-26(37)38)20(45-27(39)40)18(14)43-25(35)36/h5-7,9-10,13H,2-4,8,11H2,1H3,(H,31,32)(H,33,34)(H,35,36)(H,37,38)(H,39,40). The third-order valence-electron chi connectivity index (χ3n) is 5.59. The SMILES string of the molecule is CCCCCCC(OC(=O)O)C(=O)c1c(OC(=O)O)c(OC(=O)O)c(OC(=O)O)c(C(=O)OOC(=O)c2ccccc2)c1OC(=O)O. The first-order valence-corrected chi connectivity index (χ1v) is 13.0. The van der Waals surface area contributed by atoms with Gasteiger partial charge in [0.15, 0.2) is 28.9 Å². The first-order chi connectivity index (χ1) is 22.2. The molecule has 0 heterocycles. The normalized spacial score (nSPS) is 10.8. The number of ketones is 1. The van der Waals surface area contributed by atoms with Gasteiger partial charge in [0.1, 0.15) is 5.56 Å². The molecule has 0 saturated heterocycles. The predicted molar refractivity (Wildman–Crippen MR) is 144 cm³/mol. The molecule has 1 atom stereocenters. The minimum Gasteiger partial charge on any atom is -0.450 e. The lowest BCUT2D eigenvalue weighted by molar-refractivity contribution is -0.187. The van der Waals surface area contributed by atoms with Crippen molar-refractivity contribution in [3.8, 4) is 23.0 Å². The summed E-state index contributed by atoms with van der Waals surface area (Å²) in [6, 6.07) is 6.66. The highest BCUT2D eigenvalue weighted by molar-refractivity contribution is 6.12. The average molecular weight is 668 g/mol. The molecule has 0 fully saturated rings. The van der Waals surface area contributed by atoms with E-state index in [9.17, 15) is 63.9 Å². The molecule has 0 amide bonds. The summed E-state index contributed by atoms with van der Waals surface area (Å²) in [5, 5.41) is 46.7. The zero-order valence-corrected chi connectivity index (χ0v) is 23.9. The summed E-state index contributed by atoms with van der Waals surface area (Å²) in [5.41, 5.74) is -3.38. The fourth-order valence-electron chi connectivity index (χ4n) is 3.83. The molecule has 0 spiro atoms. The third-order valence-corrected chi connectivity index (χ3v) is 5.59. The number of unbranched alkanes of at least 4 members (excludes halogenated alkanes) is 3. The van der Waals surface area contributed by atoms with Crippen LogP contribution in [0.1, 0.15) is 70.1 Å². The quantitative estimate of drug-likeness (QED) is 0.0438. The molecule has 47 heavy (non-hydrogen) atoms. The van der Waals surface area contributed by atoms with Crippen LogP contribution in [-0.4, -0.2) is 80.1 Å².